The standard InChI is InChI=1S/C32H29F4N5O5/c1-30(29(37)43)14-46-27-19(30)11-22(39-26(27)18-5-6-20(33)24(35)23(18)34)32(44,31(36)7-8-31)13-38-28(42)15-9-16-12-41(17-3-4-17)40-25(16)21(10-15)45-2/h5-6,9-12,17,44H,3-4,7-8,13-14H2,1-2H3,(H2,37,43)(H,38,42)/t30-,32-/m0/s1. The summed E-state index contributed by atoms with van der Waals surface area (Å²) in [5, 5.41) is 19.8. The number of nitrogens with two attached hydrogens (primary N) is 1. The highest BCUT2D eigenvalue weighted by Gasteiger charge is 2.62. The van der Waals surface area contributed by atoms with Gasteiger partial charge >= 0.3 is 0 Å². The molecule has 2 aliphatic carbocycles. The molecule has 0 unspecified atom stereocenters. The number of nitrogens with one attached hydrogen (secondary N) is 1. The van der Waals surface area contributed by atoms with Crippen molar-refractivity contribution in [1.82, 2.24) is 20.1 Å². The molecule has 2 amide bonds. The van der Waals surface area contributed by atoms with Crippen LogP contribution in [0.4, 0.5) is 17.6 Å². The molecular formula is C32H29F4N5O5. The van der Waals surface area contributed by atoms with Crippen molar-refractivity contribution in [3.63, 3.8) is 0 Å². The van der Waals surface area contributed by atoms with Gasteiger partial charge in [0.15, 0.2) is 23.1 Å². The highest BCUT2D eigenvalue weighted by molar-refractivity contribution is 6.00. The molecule has 4 N–H and O–H groups in total. The summed E-state index contributed by atoms with van der Waals surface area (Å²) < 4.78 is 72.4. The van der Waals surface area contributed by atoms with Crippen LogP contribution in [-0.4, -0.2) is 57.6 Å². The summed E-state index contributed by atoms with van der Waals surface area (Å²) in [7, 11) is 1.45. The fourth-order valence-electron chi connectivity index (χ4n) is 5.94. The summed E-state index contributed by atoms with van der Waals surface area (Å²) in [6, 6.07) is 6.20. The van der Waals surface area contributed by atoms with Gasteiger partial charge in [0.1, 0.15) is 40.4 Å². The summed E-state index contributed by atoms with van der Waals surface area (Å²) in [6.07, 6.45) is 3.61. The predicted molar refractivity (Wildman–Crippen MR) is 155 cm³/mol. The number of carbonyl (C=O) groups excluding carboxylic acids is 2. The number of nitrogens with zero attached hydrogens (tertiary/aromatic N) is 3. The first kappa shape index (κ1) is 30.0. The van der Waals surface area contributed by atoms with Gasteiger partial charge in [0.25, 0.3) is 5.91 Å². The Morgan fingerprint density at radius 3 is 2.59 bits per heavy atom. The second kappa shape index (κ2) is 10.1. The SMILES string of the molecule is COc1cc(C(=O)NC[C@](O)(c2cc3c(c(-c4ccc(F)c(F)c4F)n2)OC[C@]3(C)C(N)=O)C2(F)CC2)cc2cn(C3CC3)nc12. The van der Waals surface area contributed by atoms with E-state index in [0.717, 1.165) is 18.9 Å². The number of rotatable bonds is 9. The van der Waals surface area contributed by atoms with Gasteiger partial charge in [-0.15, -0.1) is 0 Å². The number of methoxy groups -OCH3 is 1. The lowest BCUT2D eigenvalue weighted by Crippen LogP contribution is -2.49. The van der Waals surface area contributed by atoms with Gasteiger partial charge in [-0.2, -0.15) is 5.10 Å². The minimum absolute atomic E-state index is 0.0426. The van der Waals surface area contributed by atoms with E-state index in [9.17, 15) is 23.5 Å². The fraction of sp³-hybridized carbons (Fsp3) is 0.375. The van der Waals surface area contributed by atoms with E-state index in [1.54, 1.807) is 6.07 Å². The number of fused-ring (bicyclic) bond motifs is 2. The molecule has 3 heterocycles. The van der Waals surface area contributed by atoms with Crippen molar-refractivity contribution in [3.8, 4) is 22.8 Å². The molecule has 0 radical (unpaired) electrons. The first-order valence-corrected chi connectivity index (χ1v) is 14.7. The van der Waals surface area contributed by atoms with E-state index in [1.807, 2.05) is 10.9 Å². The van der Waals surface area contributed by atoms with Crippen LogP contribution < -0.4 is 20.5 Å². The smallest absolute Gasteiger partial charge is 0.251 e. The number of aromatic nitrogens is 3. The number of ether oxygens (including phenoxy) is 2. The van der Waals surface area contributed by atoms with Crippen LogP contribution >= 0.6 is 0 Å². The van der Waals surface area contributed by atoms with Crippen molar-refractivity contribution >= 4 is 22.7 Å². The zero-order valence-electron chi connectivity index (χ0n) is 24.8. The van der Waals surface area contributed by atoms with Crippen molar-refractivity contribution in [2.24, 2.45) is 5.73 Å². The van der Waals surface area contributed by atoms with E-state index in [4.69, 9.17) is 15.2 Å². The lowest BCUT2D eigenvalue weighted by molar-refractivity contribution is -0.123. The maximum absolute atomic E-state index is 16.2. The van der Waals surface area contributed by atoms with Crippen LogP contribution in [0, 0.1) is 17.5 Å². The van der Waals surface area contributed by atoms with Gasteiger partial charge in [0.2, 0.25) is 5.91 Å². The molecule has 3 aliphatic rings. The zero-order chi connectivity index (χ0) is 32.8. The molecule has 4 aromatic rings. The lowest BCUT2D eigenvalue weighted by Gasteiger charge is -2.33. The predicted octanol–water partition coefficient (Wildman–Crippen LogP) is 4.11. The Balaban J connectivity index is 1.30. The van der Waals surface area contributed by atoms with Gasteiger partial charge < -0.3 is 25.6 Å². The molecule has 7 rings (SSSR count). The third-order valence-electron chi connectivity index (χ3n) is 9.26. The number of hydrogen-bond acceptors (Lipinski definition) is 7. The Kier molecular flexibility index (Phi) is 6.61. The van der Waals surface area contributed by atoms with Gasteiger partial charge in [0, 0.05) is 28.3 Å². The highest BCUT2D eigenvalue weighted by atomic mass is 19.2. The van der Waals surface area contributed by atoms with E-state index in [-0.39, 0.29) is 48.1 Å². The van der Waals surface area contributed by atoms with Crippen molar-refractivity contribution < 1.29 is 41.7 Å². The van der Waals surface area contributed by atoms with Crippen molar-refractivity contribution in [3.05, 3.63) is 70.8 Å². The Morgan fingerprint density at radius 2 is 1.93 bits per heavy atom. The van der Waals surface area contributed by atoms with Crippen molar-refractivity contribution in [2.45, 2.75) is 55.3 Å². The lowest BCUT2D eigenvalue weighted by atomic mass is 9.80. The average Bonchev–Trinajstić information content (AvgIpc) is 3.96. The number of hydrogen-bond donors (Lipinski definition) is 3. The van der Waals surface area contributed by atoms with Crippen LogP contribution in [0.2, 0.25) is 0 Å². The van der Waals surface area contributed by atoms with Crippen LogP contribution in [0.1, 0.15) is 60.3 Å². The molecule has 2 fully saturated rings. The summed E-state index contributed by atoms with van der Waals surface area (Å²) in [6.45, 7) is 0.441. The van der Waals surface area contributed by atoms with E-state index in [1.165, 1.54) is 26.2 Å². The maximum Gasteiger partial charge on any atom is 0.251 e. The Bertz CT molecular complexity index is 1960. The third-order valence-corrected chi connectivity index (χ3v) is 9.26. The number of primary amides is 1. The van der Waals surface area contributed by atoms with Crippen molar-refractivity contribution in [1.29, 1.82) is 0 Å². The van der Waals surface area contributed by atoms with E-state index in [0.29, 0.717) is 22.7 Å². The van der Waals surface area contributed by atoms with Crippen LogP contribution in [0.25, 0.3) is 22.2 Å². The largest absolute Gasteiger partial charge is 0.494 e. The quantitative estimate of drug-likeness (QED) is 0.185. The third kappa shape index (κ3) is 4.49. The minimum atomic E-state index is -2.51. The molecular weight excluding hydrogens is 610 g/mol. The summed E-state index contributed by atoms with van der Waals surface area (Å²) >= 11 is 0. The normalized spacial score (nSPS) is 20.9. The number of halogens is 4. The van der Waals surface area contributed by atoms with Crippen LogP contribution in [0.15, 0.2) is 36.5 Å². The summed E-state index contributed by atoms with van der Waals surface area (Å²) in [5.74, 6) is -6.14. The molecule has 10 nitrogen and oxygen atoms in total. The monoisotopic (exact) mass is 639 g/mol. The van der Waals surface area contributed by atoms with Crippen LogP contribution in [0.3, 0.4) is 0 Å². The maximum atomic E-state index is 16.2. The van der Waals surface area contributed by atoms with E-state index in [2.05, 4.69) is 15.4 Å². The van der Waals surface area contributed by atoms with Gasteiger partial charge in [-0.1, -0.05) is 0 Å². The van der Waals surface area contributed by atoms with Gasteiger partial charge in [-0.05, 0) is 62.9 Å². The molecule has 240 valence electrons. The number of benzene rings is 2. The molecule has 46 heavy (non-hydrogen) atoms. The van der Waals surface area contributed by atoms with E-state index < -0.39 is 63.8 Å². The molecule has 0 bridgehead atoms. The molecule has 2 saturated carbocycles. The zero-order valence-corrected chi connectivity index (χ0v) is 24.8. The summed E-state index contributed by atoms with van der Waals surface area (Å²) in [4.78, 5) is 30.3. The Morgan fingerprint density at radius 1 is 1.20 bits per heavy atom. The van der Waals surface area contributed by atoms with Crippen LogP contribution in [-0.2, 0) is 15.8 Å². The first-order chi connectivity index (χ1) is 21.8. The van der Waals surface area contributed by atoms with Gasteiger partial charge in [-0.3, -0.25) is 14.3 Å². The van der Waals surface area contributed by atoms with Gasteiger partial charge in [-0.25, -0.2) is 22.5 Å². The Labute approximate surface area is 259 Å². The number of aliphatic hydroxyl groups is 1. The second-order valence-electron chi connectivity index (χ2n) is 12.4. The molecule has 0 spiro atoms. The molecule has 2 aromatic heterocycles. The topological polar surface area (TPSA) is 142 Å². The highest BCUT2D eigenvalue weighted by Crippen LogP contribution is 2.55. The summed E-state index contributed by atoms with van der Waals surface area (Å²) in [5.41, 5.74) is -1.18. The number of amides is 2. The fourth-order valence-corrected chi connectivity index (χ4v) is 5.94. The number of alkyl halides is 1. The minimum Gasteiger partial charge on any atom is -0.494 e. The first-order valence-electron chi connectivity index (χ1n) is 14.7. The molecule has 0 saturated heterocycles. The molecule has 1 aliphatic heterocycles. The average molecular weight is 640 g/mol. The number of pyridine rings is 1. The number of carbonyl (C=O) groups is 2. The molecule has 2 atom stereocenters. The van der Waals surface area contributed by atoms with E-state index >= 15 is 8.78 Å². The van der Waals surface area contributed by atoms with Crippen molar-refractivity contribution in [2.75, 3.05) is 20.3 Å². The second-order valence-corrected chi connectivity index (χ2v) is 12.4. The van der Waals surface area contributed by atoms with Crippen LogP contribution in [0.5, 0.6) is 11.5 Å². The molecule has 14 heteroatoms. The Hall–Kier alpha value is -4.72. The van der Waals surface area contributed by atoms with Gasteiger partial charge in [0.05, 0.1) is 25.4 Å². The molecule has 2 aromatic carbocycles.